The number of halogens is 1. The van der Waals surface area contributed by atoms with Gasteiger partial charge in [0.2, 0.25) is 5.91 Å². The van der Waals surface area contributed by atoms with Crippen LogP contribution in [0.2, 0.25) is 5.02 Å². The highest BCUT2D eigenvalue weighted by molar-refractivity contribution is 6.33. The molecule has 0 aliphatic carbocycles. The Morgan fingerprint density at radius 3 is 2.25 bits per heavy atom. The molecular weight excluding hydrogens is 428 g/mol. The van der Waals surface area contributed by atoms with E-state index in [1.54, 1.807) is 55.6 Å². The molecule has 0 heterocycles. The zero-order valence-corrected chi connectivity index (χ0v) is 18.5. The average Bonchev–Trinajstić information content (AvgIpc) is 2.82. The van der Waals surface area contributed by atoms with Gasteiger partial charge in [0.1, 0.15) is 18.1 Å². The second kappa shape index (κ2) is 11.8. The molecule has 0 aliphatic rings. The number of rotatable bonds is 10. The fourth-order valence-electron chi connectivity index (χ4n) is 3.11. The van der Waals surface area contributed by atoms with E-state index < -0.39 is 6.04 Å². The molecule has 3 rings (SSSR count). The maximum absolute atomic E-state index is 12.7. The summed E-state index contributed by atoms with van der Waals surface area (Å²) in [5.41, 5.74) is 1.20. The van der Waals surface area contributed by atoms with Gasteiger partial charge in [-0.25, -0.2) is 0 Å². The van der Waals surface area contributed by atoms with Crippen LogP contribution in [-0.4, -0.2) is 32.1 Å². The quantitative estimate of drug-likeness (QED) is 0.447. The monoisotopic (exact) mass is 452 g/mol. The van der Waals surface area contributed by atoms with Crippen LogP contribution in [0.4, 0.5) is 0 Å². The largest absolute Gasteiger partial charge is 0.497 e. The molecule has 0 saturated heterocycles. The Hall–Kier alpha value is -3.51. The van der Waals surface area contributed by atoms with Crippen LogP contribution >= 0.6 is 11.6 Å². The zero-order valence-electron chi connectivity index (χ0n) is 17.7. The predicted molar refractivity (Wildman–Crippen MR) is 124 cm³/mol. The average molecular weight is 453 g/mol. The summed E-state index contributed by atoms with van der Waals surface area (Å²) in [7, 11) is 1.60. The minimum absolute atomic E-state index is 0.0861. The van der Waals surface area contributed by atoms with Gasteiger partial charge in [-0.1, -0.05) is 54.1 Å². The molecule has 2 amide bonds. The minimum Gasteiger partial charge on any atom is -0.497 e. The summed E-state index contributed by atoms with van der Waals surface area (Å²) in [4.78, 5) is 25.3. The Morgan fingerprint density at radius 2 is 1.56 bits per heavy atom. The first-order valence-corrected chi connectivity index (χ1v) is 10.6. The first-order valence-electron chi connectivity index (χ1n) is 10.2. The van der Waals surface area contributed by atoms with E-state index >= 15 is 0 Å². The van der Waals surface area contributed by atoms with Gasteiger partial charge < -0.3 is 20.1 Å². The first kappa shape index (κ1) is 23.2. The van der Waals surface area contributed by atoms with Gasteiger partial charge in [-0.05, 0) is 42.0 Å². The van der Waals surface area contributed by atoms with Crippen molar-refractivity contribution in [2.24, 2.45) is 0 Å². The third-order valence-corrected chi connectivity index (χ3v) is 5.10. The fourth-order valence-corrected chi connectivity index (χ4v) is 3.33. The fraction of sp³-hybridized carbons (Fsp3) is 0.200. The number of hydrogen-bond acceptors (Lipinski definition) is 4. The summed E-state index contributed by atoms with van der Waals surface area (Å²) < 4.78 is 10.7. The topological polar surface area (TPSA) is 76.7 Å². The molecule has 0 bridgehead atoms. The second-order valence-corrected chi connectivity index (χ2v) is 7.40. The molecule has 2 N–H and O–H groups in total. The molecule has 0 spiro atoms. The number of nitrogens with one attached hydrogen (secondary N) is 2. The number of carbonyl (C=O) groups excluding carboxylic acids is 2. The van der Waals surface area contributed by atoms with Gasteiger partial charge >= 0.3 is 0 Å². The molecule has 0 aromatic heterocycles. The Labute approximate surface area is 192 Å². The first-order chi connectivity index (χ1) is 15.6. The molecule has 6 nitrogen and oxygen atoms in total. The van der Waals surface area contributed by atoms with Crippen molar-refractivity contribution in [1.82, 2.24) is 10.6 Å². The van der Waals surface area contributed by atoms with Gasteiger partial charge in [-0.2, -0.15) is 0 Å². The minimum atomic E-state index is -0.498. The number of carbonyl (C=O) groups is 2. The molecule has 0 unspecified atom stereocenters. The third-order valence-electron chi connectivity index (χ3n) is 4.77. The highest BCUT2D eigenvalue weighted by atomic mass is 35.5. The smallest absolute Gasteiger partial charge is 0.253 e. The number of amides is 2. The lowest BCUT2D eigenvalue weighted by Crippen LogP contribution is -2.35. The van der Waals surface area contributed by atoms with Crippen LogP contribution < -0.4 is 20.1 Å². The zero-order chi connectivity index (χ0) is 22.8. The van der Waals surface area contributed by atoms with Gasteiger partial charge in [-0.3, -0.25) is 9.59 Å². The van der Waals surface area contributed by atoms with E-state index in [0.717, 1.165) is 11.3 Å². The number of methoxy groups -OCH3 is 1. The van der Waals surface area contributed by atoms with Crippen LogP contribution in [-0.2, 0) is 4.79 Å². The molecule has 0 saturated carbocycles. The van der Waals surface area contributed by atoms with E-state index in [2.05, 4.69) is 10.6 Å². The van der Waals surface area contributed by atoms with Gasteiger partial charge in [0.15, 0.2) is 0 Å². The maximum Gasteiger partial charge on any atom is 0.253 e. The van der Waals surface area contributed by atoms with Gasteiger partial charge in [-0.15, -0.1) is 0 Å². The number of hydrogen-bond donors (Lipinski definition) is 2. The summed E-state index contributed by atoms with van der Waals surface area (Å²) in [6.07, 6.45) is 0.0861. The summed E-state index contributed by atoms with van der Waals surface area (Å²) in [6.45, 7) is 0.658. The Kier molecular flexibility index (Phi) is 8.52. The van der Waals surface area contributed by atoms with Gasteiger partial charge in [0.05, 0.1) is 36.7 Å². The third kappa shape index (κ3) is 6.75. The summed E-state index contributed by atoms with van der Waals surface area (Å²) in [6, 6.07) is 22.9. The Balaban J connectivity index is 1.55. The van der Waals surface area contributed by atoms with Crippen LogP contribution in [0.3, 0.4) is 0 Å². The van der Waals surface area contributed by atoms with Crippen molar-refractivity contribution in [2.45, 2.75) is 12.5 Å². The SMILES string of the molecule is COc1ccc(OCCNC(=O)C[C@@H](NC(=O)c2ccccc2Cl)c2ccccc2)cc1. The summed E-state index contributed by atoms with van der Waals surface area (Å²) in [5, 5.41) is 6.11. The lowest BCUT2D eigenvalue weighted by atomic mass is 10.0. The number of ether oxygens (including phenoxy) is 2. The van der Waals surface area contributed by atoms with Gasteiger partial charge in [0.25, 0.3) is 5.91 Å². The highest BCUT2D eigenvalue weighted by Crippen LogP contribution is 2.20. The lowest BCUT2D eigenvalue weighted by Gasteiger charge is -2.19. The van der Waals surface area contributed by atoms with Crippen molar-refractivity contribution in [1.29, 1.82) is 0 Å². The molecule has 0 fully saturated rings. The number of benzene rings is 3. The molecule has 3 aromatic rings. The van der Waals surface area contributed by atoms with Crippen LogP contribution in [0.5, 0.6) is 11.5 Å². The van der Waals surface area contributed by atoms with Crippen molar-refractivity contribution in [3.8, 4) is 11.5 Å². The highest BCUT2D eigenvalue weighted by Gasteiger charge is 2.20. The molecular formula is C25H25ClN2O4. The molecule has 3 aromatic carbocycles. The molecule has 1 atom stereocenters. The van der Waals surface area contributed by atoms with Crippen molar-refractivity contribution < 1.29 is 19.1 Å². The Morgan fingerprint density at radius 1 is 0.906 bits per heavy atom. The Bertz CT molecular complexity index is 1030. The van der Waals surface area contributed by atoms with Crippen LogP contribution in [0.1, 0.15) is 28.4 Å². The molecule has 0 radical (unpaired) electrons. The van der Waals surface area contributed by atoms with Crippen LogP contribution in [0.25, 0.3) is 0 Å². The molecule has 0 aliphatic heterocycles. The van der Waals surface area contributed by atoms with Gasteiger partial charge in [0, 0.05) is 0 Å². The van der Waals surface area contributed by atoms with E-state index in [9.17, 15) is 9.59 Å². The molecule has 166 valence electrons. The van der Waals surface area contributed by atoms with Crippen molar-refractivity contribution in [3.05, 3.63) is 95.0 Å². The lowest BCUT2D eigenvalue weighted by molar-refractivity contribution is -0.121. The normalized spacial score (nSPS) is 11.3. The van der Waals surface area contributed by atoms with Crippen LogP contribution in [0, 0.1) is 0 Å². The molecule has 7 heteroatoms. The van der Waals surface area contributed by atoms with E-state index in [1.807, 2.05) is 30.3 Å². The second-order valence-electron chi connectivity index (χ2n) is 6.99. The predicted octanol–water partition coefficient (Wildman–Crippen LogP) is 4.41. The van der Waals surface area contributed by atoms with E-state index in [1.165, 1.54) is 0 Å². The van der Waals surface area contributed by atoms with E-state index in [-0.39, 0.29) is 18.2 Å². The maximum atomic E-state index is 12.7. The standard InChI is InChI=1S/C25H25ClN2O4/c1-31-19-11-13-20(14-12-19)32-16-15-27-24(29)17-23(18-7-3-2-4-8-18)28-25(30)21-9-5-6-10-22(21)26/h2-14,23H,15-17H2,1H3,(H,27,29)(H,28,30)/t23-/m1/s1. The van der Waals surface area contributed by atoms with E-state index in [4.69, 9.17) is 21.1 Å². The molecule has 32 heavy (non-hydrogen) atoms. The van der Waals surface area contributed by atoms with Crippen molar-refractivity contribution >= 4 is 23.4 Å². The van der Waals surface area contributed by atoms with Crippen molar-refractivity contribution in [2.75, 3.05) is 20.3 Å². The summed E-state index contributed by atoms with van der Waals surface area (Å²) in [5.74, 6) is 0.905. The van der Waals surface area contributed by atoms with Crippen molar-refractivity contribution in [3.63, 3.8) is 0 Å². The summed E-state index contributed by atoms with van der Waals surface area (Å²) >= 11 is 6.15. The van der Waals surface area contributed by atoms with E-state index in [0.29, 0.717) is 29.5 Å². The van der Waals surface area contributed by atoms with Crippen LogP contribution in [0.15, 0.2) is 78.9 Å².